The van der Waals surface area contributed by atoms with Gasteiger partial charge in [-0.3, -0.25) is 9.69 Å². The molecule has 0 aromatic heterocycles. The van der Waals surface area contributed by atoms with Crippen molar-refractivity contribution in [1.82, 2.24) is 10.2 Å². The third kappa shape index (κ3) is 4.41. The quantitative estimate of drug-likeness (QED) is 0.816. The van der Waals surface area contributed by atoms with Crippen LogP contribution in [0, 0.1) is 17.6 Å². The van der Waals surface area contributed by atoms with Gasteiger partial charge in [0.25, 0.3) is 0 Å². The Kier molecular flexibility index (Phi) is 5.44. The van der Waals surface area contributed by atoms with Crippen molar-refractivity contribution in [1.29, 1.82) is 0 Å². The molecule has 3 nitrogen and oxygen atoms in total. The SMILES string of the molecule is O=C(NCC1(c2ccc(F)cc2)CC1)C1CCCN(Cc2cccc(F)c2)C1. The van der Waals surface area contributed by atoms with Gasteiger partial charge in [0, 0.05) is 25.0 Å². The van der Waals surface area contributed by atoms with E-state index < -0.39 is 0 Å². The van der Waals surface area contributed by atoms with E-state index in [1.165, 1.54) is 18.2 Å². The molecule has 28 heavy (non-hydrogen) atoms. The number of carbonyl (C=O) groups is 1. The molecule has 5 heteroatoms. The molecule has 1 N–H and O–H groups in total. The number of rotatable bonds is 6. The van der Waals surface area contributed by atoms with E-state index >= 15 is 0 Å². The largest absolute Gasteiger partial charge is 0.355 e. The van der Waals surface area contributed by atoms with Crippen molar-refractivity contribution in [3.05, 3.63) is 71.3 Å². The number of carbonyl (C=O) groups excluding carboxylic acids is 1. The lowest BCUT2D eigenvalue weighted by molar-refractivity contribution is -0.126. The first-order chi connectivity index (χ1) is 13.5. The van der Waals surface area contributed by atoms with Crippen LogP contribution in [0.15, 0.2) is 48.5 Å². The van der Waals surface area contributed by atoms with Gasteiger partial charge in [0.05, 0.1) is 5.92 Å². The molecular formula is C23H26F2N2O. The highest BCUT2D eigenvalue weighted by atomic mass is 19.1. The average molecular weight is 384 g/mol. The Balaban J connectivity index is 1.31. The van der Waals surface area contributed by atoms with Crippen molar-refractivity contribution >= 4 is 5.91 Å². The van der Waals surface area contributed by atoms with Crippen LogP contribution in [-0.2, 0) is 16.8 Å². The molecule has 1 unspecified atom stereocenters. The minimum absolute atomic E-state index is 0.0285. The zero-order chi connectivity index (χ0) is 19.6. The van der Waals surface area contributed by atoms with E-state index in [2.05, 4.69) is 10.2 Å². The number of hydrogen-bond donors (Lipinski definition) is 1. The van der Waals surface area contributed by atoms with Crippen molar-refractivity contribution in [2.24, 2.45) is 5.92 Å². The lowest BCUT2D eigenvalue weighted by atomic mass is 9.94. The molecule has 1 saturated heterocycles. The smallest absolute Gasteiger partial charge is 0.224 e. The van der Waals surface area contributed by atoms with Crippen LogP contribution >= 0.6 is 0 Å². The van der Waals surface area contributed by atoms with E-state index in [9.17, 15) is 13.6 Å². The fourth-order valence-electron chi connectivity index (χ4n) is 4.23. The minimum atomic E-state index is -0.232. The summed E-state index contributed by atoms with van der Waals surface area (Å²) in [4.78, 5) is 15.0. The predicted octanol–water partition coefficient (Wildman–Crippen LogP) is 4.02. The van der Waals surface area contributed by atoms with Crippen LogP contribution in [0.2, 0.25) is 0 Å². The first-order valence-corrected chi connectivity index (χ1v) is 10.0. The number of halogens is 2. The van der Waals surface area contributed by atoms with Crippen LogP contribution in [0.5, 0.6) is 0 Å². The fraction of sp³-hybridized carbons (Fsp3) is 0.435. The van der Waals surface area contributed by atoms with E-state index in [1.807, 2.05) is 18.2 Å². The molecule has 1 saturated carbocycles. The summed E-state index contributed by atoms with van der Waals surface area (Å²) in [7, 11) is 0. The molecule has 1 heterocycles. The lowest BCUT2D eigenvalue weighted by Gasteiger charge is -2.32. The highest BCUT2D eigenvalue weighted by Crippen LogP contribution is 2.47. The number of likely N-dealkylation sites (tertiary alicyclic amines) is 1. The highest BCUT2D eigenvalue weighted by molar-refractivity contribution is 5.79. The first-order valence-electron chi connectivity index (χ1n) is 10.0. The van der Waals surface area contributed by atoms with Gasteiger partial charge in [-0.25, -0.2) is 8.78 Å². The van der Waals surface area contributed by atoms with Crippen LogP contribution in [0.1, 0.15) is 36.8 Å². The Labute approximate surface area is 164 Å². The molecule has 1 aliphatic carbocycles. The minimum Gasteiger partial charge on any atom is -0.355 e. The summed E-state index contributed by atoms with van der Waals surface area (Å²) < 4.78 is 26.6. The summed E-state index contributed by atoms with van der Waals surface area (Å²) in [6.45, 7) is 2.91. The van der Waals surface area contributed by atoms with Crippen molar-refractivity contribution in [2.75, 3.05) is 19.6 Å². The van der Waals surface area contributed by atoms with E-state index in [1.54, 1.807) is 12.1 Å². The number of nitrogens with zero attached hydrogens (tertiary/aromatic N) is 1. The fourth-order valence-corrected chi connectivity index (χ4v) is 4.23. The maximum Gasteiger partial charge on any atom is 0.224 e. The van der Waals surface area contributed by atoms with Gasteiger partial charge in [0.2, 0.25) is 5.91 Å². The summed E-state index contributed by atoms with van der Waals surface area (Å²) in [5.74, 6) is -0.396. The zero-order valence-electron chi connectivity index (χ0n) is 16.0. The van der Waals surface area contributed by atoms with Gasteiger partial charge in [-0.1, -0.05) is 24.3 Å². The number of amides is 1. The van der Waals surface area contributed by atoms with Gasteiger partial charge in [-0.15, -0.1) is 0 Å². The standard InChI is InChI=1S/C23H26F2N2O/c24-20-8-6-19(7-9-20)23(10-11-23)16-26-22(28)18-4-2-12-27(15-18)14-17-3-1-5-21(25)13-17/h1,3,5-9,13,18H,2,4,10-12,14-16H2,(H,26,28). The first kappa shape index (κ1) is 19.1. The van der Waals surface area contributed by atoms with Crippen LogP contribution in [0.25, 0.3) is 0 Å². The Bertz CT molecular complexity index is 833. The molecule has 1 amide bonds. The third-order valence-corrected chi connectivity index (χ3v) is 6.08. The number of hydrogen-bond acceptors (Lipinski definition) is 2. The van der Waals surface area contributed by atoms with Crippen LogP contribution in [-0.4, -0.2) is 30.4 Å². The molecule has 2 aliphatic rings. The summed E-state index contributed by atoms with van der Waals surface area (Å²) in [5.41, 5.74) is 2.01. The number of piperidine rings is 1. The summed E-state index contributed by atoms with van der Waals surface area (Å²) >= 11 is 0. The molecule has 0 spiro atoms. The van der Waals surface area contributed by atoms with Crippen LogP contribution < -0.4 is 5.32 Å². The number of benzene rings is 2. The molecule has 1 atom stereocenters. The molecule has 4 rings (SSSR count). The second kappa shape index (κ2) is 8.00. The van der Waals surface area contributed by atoms with Gasteiger partial charge < -0.3 is 5.32 Å². The van der Waals surface area contributed by atoms with Crippen molar-refractivity contribution < 1.29 is 13.6 Å². The molecule has 2 aromatic rings. The Morgan fingerprint density at radius 2 is 1.89 bits per heavy atom. The zero-order valence-corrected chi connectivity index (χ0v) is 16.0. The van der Waals surface area contributed by atoms with Crippen molar-refractivity contribution in [3.8, 4) is 0 Å². The summed E-state index contributed by atoms with van der Waals surface area (Å²) in [5, 5.41) is 3.14. The van der Waals surface area contributed by atoms with E-state index in [0.29, 0.717) is 19.6 Å². The second-order valence-corrected chi connectivity index (χ2v) is 8.21. The maximum absolute atomic E-state index is 13.4. The van der Waals surface area contributed by atoms with Gasteiger partial charge >= 0.3 is 0 Å². The topological polar surface area (TPSA) is 32.3 Å². The molecule has 148 valence electrons. The Hall–Kier alpha value is -2.27. The van der Waals surface area contributed by atoms with Gasteiger partial charge in [-0.05, 0) is 67.6 Å². The molecule has 2 fully saturated rings. The van der Waals surface area contributed by atoms with Gasteiger partial charge in [0.15, 0.2) is 0 Å². The average Bonchev–Trinajstić information content (AvgIpc) is 3.48. The van der Waals surface area contributed by atoms with Crippen LogP contribution in [0.4, 0.5) is 8.78 Å². The second-order valence-electron chi connectivity index (χ2n) is 8.21. The normalized spacial score (nSPS) is 21.3. The van der Waals surface area contributed by atoms with Crippen molar-refractivity contribution in [2.45, 2.75) is 37.6 Å². The number of nitrogens with one attached hydrogen (secondary N) is 1. The summed E-state index contributed by atoms with van der Waals surface area (Å²) in [6, 6.07) is 13.3. The van der Waals surface area contributed by atoms with E-state index in [0.717, 1.165) is 43.4 Å². The monoisotopic (exact) mass is 384 g/mol. The Morgan fingerprint density at radius 3 is 2.61 bits per heavy atom. The molecule has 0 radical (unpaired) electrons. The van der Waals surface area contributed by atoms with E-state index in [4.69, 9.17) is 0 Å². The molecule has 2 aromatic carbocycles. The lowest BCUT2D eigenvalue weighted by Crippen LogP contribution is -2.44. The van der Waals surface area contributed by atoms with E-state index in [-0.39, 0.29) is 28.9 Å². The summed E-state index contributed by atoms with van der Waals surface area (Å²) in [6.07, 6.45) is 3.90. The molecule has 1 aliphatic heterocycles. The highest BCUT2D eigenvalue weighted by Gasteiger charge is 2.44. The third-order valence-electron chi connectivity index (χ3n) is 6.08. The molecule has 0 bridgehead atoms. The van der Waals surface area contributed by atoms with Gasteiger partial charge in [0.1, 0.15) is 11.6 Å². The Morgan fingerprint density at radius 1 is 1.11 bits per heavy atom. The predicted molar refractivity (Wildman–Crippen MR) is 105 cm³/mol. The van der Waals surface area contributed by atoms with Crippen molar-refractivity contribution in [3.63, 3.8) is 0 Å². The van der Waals surface area contributed by atoms with Gasteiger partial charge in [-0.2, -0.15) is 0 Å². The molecular weight excluding hydrogens is 358 g/mol. The maximum atomic E-state index is 13.4. The van der Waals surface area contributed by atoms with Crippen LogP contribution in [0.3, 0.4) is 0 Å².